The number of carboxylic acid groups (broad SMARTS) is 2. The third-order valence-electron chi connectivity index (χ3n) is 6.87. The standard InChI is InChI=1S/C29H30F2N2O10/c1-40-21-10-15-13-33(23(35)5-7-25(38)39)14-17(15)27(31)28(21)42-8-3-9-43-29-22(41-2)12-18-16(26(29)30)11-19(32-18)20(34)4-6-24(36)37/h10-12,32H,3-9,13-14H2,1-2H3,(H,36,37)(H,38,39). The van der Waals surface area contributed by atoms with Gasteiger partial charge in [-0.15, -0.1) is 0 Å². The lowest BCUT2D eigenvalue weighted by Gasteiger charge is -2.15. The number of Topliss-reactive ketones (excluding diaryl/α,β-unsaturated/α-hetero) is 1. The molecular formula is C29H30F2N2O10. The van der Waals surface area contributed by atoms with E-state index in [4.69, 9.17) is 29.2 Å². The average Bonchev–Trinajstić information content (AvgIpc) is 3.61. The highest BCUT2D eigenvalue weighted by molar-refractivity contribution is 6.01. The summed E-state index contributed by atoms with van der Waals surface area (Å²) in [5.41, 5.74) is 1.11. The van der Waals surface area contributed by atoms with Gasteiger partial charge in [0.2, 0.25) is 5.91 Å². The number of aromatic amines is 1. The van der Waals surface area contributed by atoms with Crippen LogP contribution in [0, 0.1) is 11.6 Å². The van der Waals surface area contributed by atoms with Gasteiger partial charge in [-0.05, 0) is 17.7 Å². The SMILES string of the molecule is COc1cc2c(c(F)c1OCCCOc1c(OC)cc3[nH]c(C(=O)CCC(=O)O)cc3c1F)CN(C(=O)CCC(=O)O)C2. The van der Waals surface area contributed by atoms with Crippen molar-refractivity contribution in [2.45, 2.75) is 45.2 Å². The fraction of sp³-hybridized carbons (Fsp3) is 0.379. The minimum Gasteiger partial charge on any atom is -0.493 e. The molecule has 12 nitrogen and oxygen atoms in total. The minimum absolute atomic E-state index is 0.0311. The highest BCUT2D eigenvalue weighted by atomic mass is 19.1. The molecule has 14 heteroatoms. The fourth-order valence-electron chi connectivity index (χ4n) is 4.69. The Morgan fingerprint density at radius 1 is 0.837 bits per heavy atom. The molecule has 1 aliphatic heterocycles. The van der Waals surface area contributed by atoms with E-state index < -0.39 is 35.3 Å². The van der Waals surface area contributed by atoms with Gasteiger partial charge in [0.25, 0.3) is 0 Å². The number of ether oxygens (including phenoxy) is 4. The maximum absolute atomic E-state index is 15.4. The number of carbonyl (C=O) groups is 4. The summed E-state index contributed by atoms with van der Waals surface area (Å²) in [4.78, 5) is 50.3. The number of fused-ring (bicyclic) bond motifs is 2. The Bertz CT molecular complexity index is 1570. The molecule has 0 atom stereocenters. The van der Waals surface area contributed by atoms with Crippen LogP contribution in [0.2, 0.25) is 0 Å². The third kappa shape index (κ3) is 6.96. The van der Waals surface area contributed by atoms with Gasteiger partial charge >= 0.3 is 11.9 Å². The number of nitrogens with one attached hydrogen (secondary N) is 1. The van der Waals surface area contributed by atoms with E-state index in [9.17, 15) is 19.2 Å². The van der Waals surface area contributed by atoms with E-state index >= 15 is 8.78 Å². The van der Waals surface area contributed by atoms with Crippen LogP contribution in [0.1, 0.15) is 53.7 Å². The molecular weight excluding hydrogens is 574 g/mol. The summed E-state index contributed by atoms with van der Waals surface area (Å²) in [5.74, 6) is -4.75. The Hall–Kier alpha value is -4.88. The van der Waals surface area contributed by atoms with E-state index in [1.54, 1.807) is 6.07 Å². The Labute approximate surface area is 244 Å². The number of methoxy groups -OCH3 is 2. The zero-order valence-electron chi connectivity index (χ0n) is 23.5. The van der Waals surface area contributed by atoms with Crippen LogP contribution in [0.3, 0.4) is 0 Å². The van der Waals surface area contributed by atoms with Crippen molar-refractivity contribution in [3.8, 4) is 23.0 Å². The Morgan fingerprint density at radius 2 is 1.44 bits per heavy atom. The van der Waals surface area contributed by atoms with Crippen LogP contribution in [0.15, 0.2) is 18.2 Å². The molecule has 0 spiro atoms. The molecule has 1 aliphatic rings. The number of aromatic nitrogens is 1. The monoisotopic (exact) mass is 604 g/mol. The lowest BCUT2D eigenvalue weighted by molar-refractivity contribution is -0.141. The zero-order chi connectivity index (χ0) is 31.3. The molecule has 1 aromatic heterocycles. The van der Waals surface area contributed by atoms with Crippen molar-refractivity contribution >= 4 is 34.5 Å². The lowest BCUT2D eigenvalue weighted by Crippen LogP contribution is -2.25. The summed E-state index contributed by atoms with van der Waals surface area (Å²) < 4.78 is 52.6. The molecule has 0 fully saturated rings. The van der Waals surface area contributed by atoms with Crippen LogP contribution in [0.4, 0.5) is 8.78 Å². The molecule has 0 bridgehead atoms. The molecule has 0 saturated heterocycles. The number of hydrogen-bond acceptors (Lipinski definition) is 8. The van der Waals surface area contributed by atoms with Gasteiger partial charge in [-0.25, -0.2) is 8.78 Å². The maximum atomic E-state index is 15.4. The second-order valence-electron chi connectivity index (χ2n) is 9.74. The van der Waals surface area contributed by atoms with E-state index in [1.807, 2.05) is 0 Å². The second kappa shape index (κ2) is 13.4. The molecule has 2 aromatic carbocycles. The smallest absolute Gasteiger partial charge is 0.303 e. The molecule has 3 N–H and O–H groups in total. The first kappa shape index (κ1) is 31.1. The van der Waals surface area contributed by atoms with Gasteiger partial charge in [-0.2, -0.15) is 0 Å². The fourth-order valence-corrected chi connectivity index (χ4v) is 4.69. The van der Waals surface area contributed by atoms with Gasteiger partial charge in [-0.3, -0.25) is 19.2 Å². The summed E-state index contributed by atoms with van der Waals surface area (Å²) in [6, 6.07) is 4.31. The number of carboxylic acids is 2. The summed E-state index contributed by atoms with van der Waals surface area (Å²) in [6.07, 6.45) is -0.919. The number of nitrogens with zero attached hydrogens (tertiary/aromatic N) is 1. The lowest BCUT2D eigenvalue weighted by atomic mass is 10.1. The van der Waals surface area contributed by atoms with Gasteiger partial charge in [0.1, 0.15) is 0 Å². The van der Waals surface area contributed by atoms with Gasteiger partial charge in [0.15, 0.2) is 40.4 Å². The van der Waals surface area contributed by atoms with Crippen molar-refractivity contribution in [1.29, 1.82) is 0 Å². The van der Waals surface area contributed by atoms with Crippen molar-refractivity contribution < 1.29 is 57.1 Å². The van der Waals surface area contributed by atoms with Crippen molar-refractivity contribution in [3.05, 3.63) is 46.7 Å². The van der Waals surface area contributed by atoms with Gasteiger partial charge in [0, 0.05) is 49.4 Å². The third-order valence-corrected chi connectivity index (χ3v) is 6.87. The van der Waals surface area contributed by atoms with E-state index in [0.29, 0.717) is 5.56 Å². The quantitative estimate of drug-likeness (QED) is 0.170. The Balaban J connectivity index is 1.39. The van der Waals surface area contributed by atoms with Crippen LogP contribution in [-0.2, 0) is 27.5 Å². The second-order valence-corrected chi connectivity index (χ2v) is 9.74. The van der Waals surface area contributed by atoms with Gasteiger partial charge in [0.05, 0.1) is 51.5 Å². The Kier molecular flexibility index (Phi) is 9.68. The normalized spacial score (nSPS) is 12.2. The average molecular weight is 605 g/mol. The molecule has 4 rings (SSSR count). The van der Waals surface area contributed by atoms with Crippen molar-refractivity contribution in [1.82, 2.24) is 9.88 Å². The Morgan fingerprint density at radius 3 is 2.07 bits per heavy atom. The molecule has 230 valence electrons. The molecule has 43 heavy (non-hydrogen) atoms. The van der Waals surface area contributed by atoms with E-state index in [-0.39, 0.29) is 104 Å². The molecule has 0 radical (unpaired) electrons. The first-order chi connectivity index (χ1) is 20.5. The van der Waals surface area contributed by atoms with E-state index in [0.717, 1.165) is 0 Å². The van der Waals surface area contributed by atoms with Crippen molar-refractivity contribution in [2.75, 3.05) is 27.4 Å². The van der Waals surface area contributed by atoms with E-state index in [2.05, 4.69) is 4.98 Å². The number of benzene rings is 2. The highest BCUT2D eigenvalue weighted by Crippen LogP contribution is 2.40. The predicted molar refractivity (Wildman–Crippen MR) is 146 cm³/mol. The minimum atomic E-state index is -1.12. The first-order valence-electron chi connectivity index (χ1n) is 13.3. The van der Waals surface area contributed by atoms with Gasteiger partial charge < -0.3 is 39.0 Å². The van der Waals surface area contributed by atoms with Crippen LogP contribution in [-0.4, -0.2) is 71.2 Å². The molecule has 2 heterocycles. The highest BCUT2D eigenvalue weighted by Gasteiger charge is 2.30. The number of amides is 1. The predicted octanol–water partition coefficient (Wildman–Crippen LogP) is 4.07. The molecule has 0 unspecified atom stereocenters. The van der Waals surface area contributed by atoms with Crippen LogP contribution in [0.5, 0.6) is 23.0 Å². The summed E-state index contributed by atoms with van der Waals surface area (Å²) in [7, 11) is 2.67. The van der Waals surface area contributed by atoms with Gasteiger partial charge in [-0.1, -0.05) is 0 Å². The molecule has 0 saturated carbocycles. The first-order valence-corrected chi connectivity index (χ1v) is 13.3. The summed E-state index contributed by atoms with van der Waals surface area (Å²) in [6.45, 7) is 0.00292. The molecule has 3 aromatic rings. The van der Waals surface area contributed by atoms with Crippen LogP contribution < -0.4 is 18.9 Å². The van der Waals surface area contributed by atoms with E-state index in [1.165, 1.54) is 31.3 Å². The number of aliphatic carboxylic acids is 2. The van der Waals surface area contributed by atoms with Crippen LogP contribution >= 0.6 is 0 Å². The van der Waals surface area contributed by atoms with Crippen molar-refractivity contribution in [3.63, 3.8) is 0 Å². The summed E-state index contributed by atoms with van der Waals surface area (Å²) in [5, 5.41) is 17.7. The number of carbonyl (C=O) groups excluding carboxylic acids is 2. The summed E-state index contributed by atoms with van der Waals surface area (Å²) >= 11 is 0. The number of H-pyrrole nitrogens is 1. The number of rotatable bonds is 15. The number of hydrogen-bond donors (Lipinski definition) is 3. The maximum Gasteiger partial charge on any atom is 0.303 e. The topological polar surface area (TPSA) is 165 Å². The van der Waals surface area contributed by atoms with Crippen LogP contribution in [0.25, 0.3) is 10.9 Å². The largest absolute Gasteiger partial charge is 0.493 e. The molecule has 0 aliphatic carbocycles. The van der Waals surface area contributed by atoms with Crippen molar-refractivity contribution in [2.24, 2.45) is 0 Å². The molecule has 1 amide bonds. The number of halogens is 2. The number of ketones is 1. The zero-order valence-corrected chi connectivity index (χ0v) is 23.5.